The molecule has 0 radical (unpaired) electrons. The summed E-state index contributed by atoms with van der Waals surface area (Å²) in [5, 5.41) is 19.7. The largest absolute Gasteiger partial charge is 0.508 e. The van der Waals surface area contributed by atoms with Crippen molar-refractivity contribution in [1.82, 2.24) is 9.47 Å². The van der Waals surface area contributed by atoms with Crippen molar-refractivity contribution in [3.05, 3.63) is 52.9 Å². The summed E-state index contributed by atoms with van der Waals surface area (Å²) in [6.07, 6.45) is -3.99. The standard InChI is InChI=1S/C23H19F3N2O6/c1-27(2)19(31)10-28-15-5-4-12(33-3)8-13(15)14(22(28)23(24,25)26)9-18-21(32)20-16(30)6-11(29)7-17(20)34-18/h4-9,29-30H,10H2,1-3H3/b18-9-. The first-order chi connectivity index (χ1) is 15.9. The number of aromatic hydroxyl groups is 2. The highest BCUT2D eigenvalue weighted by atomic mass is 19.4. The van der Waals surface area contributed by atoms with Crippen LogP contribution in [0.15, 0.2) is 36.1 Å². The molecule has 0 bridgehead atoms. The summed E-state index contributed by atoms with van der Waals surface area (Å²) < 4.78 is 54.4. The van der Waals surface area contributed by atoms with Crippen LogP contribution in [0.1, 0.15) is 21.6 Å². The van der Waals surface area contributed by atoms with E-state index in [1.54, 1.807) is 0 Å². The minimum absolute atomic E-state index is 0.0742. The van der Waals surface area contributed by atoms with Crippen LogP contribution in [-0.2, 0) is 17.5 Å². The van der Waals surface area contributed by atoms with Gasteiger partial charge in [0, 0.05) is 42.7 Å². The number of aromatic nitrogens is 1. The van der Waals surface area contributed by atoms with Gasteiger partial charge in [-0.25, -0.2) is 0 Å². The van der Waals surface area contributed by atoms with Gasteiger partial charge >= 0.3 is 6.18 Å². The van der Waals surface area contributed by atoms with Crippen molar-refractivity contribution in [3.8, 4) is 23.0 Å². The Morgan fingerprint density at radius 3 is 2.53 bits per heavy atom. The van der Waals surface area contributed by atoms with Crippen LogP contribution in [0.2, 0.25) is 0 Å². The number of phenolic OH excluding ortho intramolecular Hbond substituents is 2. The Balaban J connectivity index is 1.99. The van der Waals surface area contributed by atoms with Gasteiger partial charge in [0.25, 0.3) is 0 Å². The van der Waals surface area contributed by atoms with Gasteiger partial charge in [0.15, 0.2) is 5.76 Å². The van der Waals surface area contributed by atoms with Crippen LogP contribution in [0.25, 0.3) is 17.0 Å². The fourth-order valence-electron chi connectivity index (χ4n) is 3.79. The SMILES string of the molecule is COc1ccc2c(c1)c(/C=C1\Oc3cc(O)cc(O)c3C1=O)c(C(F)(F)F)n2CC(=O)N(C)C. The van der Waals surface area contributed by atoms with Crippen LogP contribution in [0.5, 0.6) is 23.0 Å². The molecular formula is C23H19F3N2O6. The minimum atomic E-state index is -4.90. The van der Waals surface area contributed by atoms with Gasteiger partial charge < -0.3 is 29.2 Å². The first kappa shape index (κ1) is 23.0. The lowest BCUT2D eigenvalue weighted by atomic mass is 10.1. The Kier molecular flexibility index (Phi) is 5.42. The van der Waals surface area contributed by atoms with E-state index in [0.29, 0.717) is 0 Å². The molecule has 34 heavy (non-hydrogen) atoms. The zero-order valence-electron chi connectivity index (χ0n) is 18.2. The summed E-state index contributed by atoms with van der Waals surface area (Å²) in [6.45, 7) is -0.600. The third-order valence-corrected chi connectivity index (χ3v) is 5.38. The Hall–Kier alpha value is -4.15. The minimum Gasteiger partial charge on any atom is -0.508 e. The van der Waals surface area contributed by atoms with Crippen LogP contribution in [0, 0.1) is 0 Å². The molecule has 0 saturated heterocycles. The molecule has 8 nitrogen and oxygen atoms in total. The number of benzene rings is 2. The first-order valence-corrected chi connectivity index (χ1v) is 9.90. The number of allylic oxidation sites excluding steroid dienone is 1. The van der Waals surface area contributed by atoms with E-state index in [0.717, 1.165) is 22.8 Å². The second-order valence-electron chi connectivity index (χ2n) is 7.80. The van der Waals surface area contributed by atoms with E-state index in [-0.39, 0.29) is 33.7 Å². The van der Waals surface area contributed by atoms with Crippen LogP contribution < -0.4 is 9.47 Å². The number of ether oxygens (including phenoxy) is 2. The number of carbonyl (C=O) groups excluding carboxylic acids is 2. The summed E-state index contributed by atoms with van der Waals surface area (Å²) in [4.78, 5) is 26.3. The molecule has 0 spiro atoms. The van der Waals surface area contributed by atoms with Crippen LogP contribution in [0.3, 0.4) is 0 Å². The molecule has 2 aromatic carbocycles. The van der Waals surface area contributed by atoms with Gasteiger partial charge in [-0.15, -0.1) is 0 Å². The lowest BCUT2D eigenvalue weighted by molar-refractivity contribution is -0.144. The zero-order valence-corrected chi connectivity index (χ0v) is 18.2. The highest BCUT2D eigenvalue weighted by Gasteiger charge is 2.40. The Bertz CT molecular complexity index is 1370. The molecule has 178 valence electrons. The molecule has 1 aliphatic rings. The number of phenols is 2. The number of halogens is 3. The smallest absolute Gasteiger partial charge is 0.432 e. The van der Waals surface area contributed by atoms with Crippen molar-refractivity contribution in [2.75, 3.05) is 21.2 Å². The van der Waals surface area contributed by atoms with E-state index >= 15 is 0 Å². The van der Waals surface area contributed by atoms with Crippen molar-refractivity contribution < 1.29 is 42.4 Å². The summed E-state index contributed by atoms with van der Waals surface area (Å²) in [5.74, 6) is -2.78. The Morgan fingerprint density at radius 2 is 1.91 bits per heavy atom. The average molecular weight is 476 g/mol. The lowest BCUT2D eigenvalue weighted by Gasteiger charge is -2.16. The Morgan fingerprint density at radius 1 is 1.21 bits per heavy atom. The molecule has 4 rings (SSSR count). The Labute approximate surface area is 191 Å². The maximum Gasteiger partial charge on any atom is 0.432 e. The molecule has 0 unspecified atom stereocenters. The number of hydrogen-bond acceptors (Lipinski definition) is 6. The molecule has 1 amide bonds. The fourth-order valence-corrected chi connectivity index (χ4v) is 3.79. The molecule has 11 heteroatoms. The molecule has 0 atom stereocenters. The quantitative estimate of drug-likeness (QED) is 0.556. The van der Waals surface area contributed by atoms with E-state index in [4.69, 9.17) is 9.47 Å². The van der Waals surface area contributed by atoms with E-state index in [1.165, 1.54) is 44.3 Å². The normalized spacial score (nSPS) is 14.4. The van der Waals surface area contributed by atoms with Gasteiger partial charge in [-0.05, 0) is 24.3 Å². The molecule has 1 aromatic heterocycles. The summed E-state index contributed by atoms with van der Waals surface area (Å²) in [6, 6.07) is 6.21. The molecular weight excluding hydrogens is 457 g/mol. The molecule has 2 N–H and O–H groups in total. The summed E-state index contributed by atoms with van der Waals surface area (Å²) >= 11 is 0. The van der Waals surface area contributed by atoms with E-state index < -0.39 is 47.2 Å². The molecule has 0 saturated carbocycles. The molecule has 2 heterocycles. The number of fused-ring (bicyclic) bond motifs is 2. The lowest BCUT2D eigenvalue weighted by Crippen LogP contribution is -2.28. The molecule has 0 aliphatic carbocycles. The first-order valence-electron chi connectivity index (χ1n) is 9.90. The zero-order chi connectivity index (χ0) is 24.9. The number of ketones is 1. The molecule has 3 aromatic rings. The van der Waals surface area contributed by atoms with Crippen LogP contribution in [-0.4, -0.2) is 52.6 Å². The number of amides is 1. The van der Waals surface area contributed by atoms with E-state index in [2.05, 4.69) is 0 Å². The van der Waals surface area contributed by atoms with E-state index in [9.17, 15) is 33.0 Å². The third-order valence-electron chi connectivity index (χ3n) is 5.38. The number of alkyl halides is 3. The fraction of sp³-hybridized carbons (Fsp3) is 0.217. The number of nitrogens with zero attached hydrogens (tertiary/aromatic N) is 2. The predicted molar refractivity (Wildman–Crippen MR) is 115 cm³/mol. The predicted octanol–water partition coefficient (Wildman–Crippen LogP) is 3.78. The van der Waals surface area contributed by atoms with Gasteiger partial charge in [0.2, 0.25) is 11.7 Å². The van der Waals surface area contributed by atoms with Crippen molar-refractivity contribution in [1.29, 1.82) is 0 Å². The molecule has 1 aliphatic heterocycles. The maximum absolute atomic E-state index is 14.3. The highest BCUT2D eigenvalue weighted by molar-refractivity contribution is 6.17. The average Bonchev–Trinajstić information content (AvgIpc) is 3.22. The molecule has 0 fully saturated rings. The van der Waals surface area contributed by atoms with Crippen LogP contribution >= 0.6 is 0 Å². The number of Topliss-reactive ketones (excluding diaryl/α,β-unsaturated/α-hetero) is 1. The van der Waals surface area contributed by atoms with Crippen molar-refractivity contribution >= 4 is 28.7 Å². The number of rotatable bonds is 4. The van der Waals surface area contributed by atoms with Gasteiger partial charge in [-0.1, -0.05) is 0 Å². The second kappa shape index (κ2) is 8.01. The van der Waals surface area contributed by atoms with Crippen LogP contribution in [0.4, 0.5) is 13.2 Å². The highest BCUT2D eigenvalue weighted by Crippen LogP contribution is 2.44. The number of hydrogen-bond donors (Lipinski definition) is 2. The van der Waals surface area contributed by atoms with Gasteiger partial charge in [-0.3, -0.25) is 9.59 Å². The van der Waals surface area contributed by atoms with Crippen molar-refractivity contribution in [2.24, 2.45) is 0 Å². The topological polar surface area (TPSA) is 101 Å². The maximum atomic E-state index is 14.3. The van der Waals surface area contributed by atoms with Gasteiger partial charge in [0.05, 0.1) is 7.11 Å². The number of carbonyl (C=O) groups is 2. The summed E-state index contributed by atoms with van der Waals surface area (Å²) in [5.41, 5.74) is -1.74. The monoisotopic (exact) mass is 476 g/mol. The van der Waals surface area contributed by atoms with Crippen molar-refractivity contribution in [3.63, 3.8) is 0 Å². The number of methoxy groups -OCH3 is 1. The second-order valence-corrected chi connectivity index (χ2v) is 7.80. The summed E-state index contributed by atoms with van der Waals surface area (Å²) in [7, 11) is 4.21. The van der Waals surface area contributed by atoms with Gasteiger partial charge in [-0.2, -0.15) is 13.2 Å². The van der Waals surface area contributed by atoms with Gasteiger partial charge in [0.1, 0.15) is 40.8 Å². The number of likely N-dealkylation sites (N-methyl/N-ethyl adjacent to an activating group) is 1. The van der Waals surface area contributed by atoms with Crippen molar-refractivity contribution in [2.45, 2.75) is 12.7 Å². The third kappa shape index (κ3) is 3.78. The van der Waals surface area contributed by atoms with E-state index in [1.807, 2.05) is 0 Å².